The van der Waals surface area contributed by atoms with Crippen LogP contribution in [0.1, 0.15) is 19.8 Å². The van der Waals surface area contributed by atoms with Gasteiger partial charge in [0.1, 0.15) is 0 Å². The lowest BCUT2D eigenvalue weighted by Gasteiger charge is -2.08. The third-order valence-corrected chi connectivity index (χ3v) is 4.43. The number of aromatic nitrogens is 3. The van der Waals surface area contributed by atoms with E-state index in [-0.39, 0.29) is 6.10 Å². The van der Waals surface area contributed by atoms with Gasteiger partial charge in [0.15, 0.2) is 0 Å². The summed E-state index contributed by atoms with van der Waals surface area (Å²) in [6.07, 6.45) is 3.30. The third kappa shape index (κ3) is 3.40. The molecule has 3 aromatic rings. The van der Waals surface area contributed by atoms with Crippen molar-refractivity contribution in [3.63, 3.8) is 0 Å². The van der Waals surface area contributed by atoms with Gasteiger partial charge in [-0.05, 0) is 18.6 Å². The van der Waals surface area contributed by atoms with E-state index in [0.717, 1.165) is 34.2 Å². The lowest BCUT2D eigenvalue weighted by Crippen LogP contribution is -2.18. The molecule has 2 aromatic heterocycles. The zero-order valence-electron chi connectivity index (χ0n) is 12.2. The van der Waals surface area contributed by atoms with Crippen LogP contribution in [-0.4, -0.2) is 32.4 Å². The summed E-state index contributed by atoms with van der Waals surface area (Å²) in [4.78, 5) is 5.39. The topological polar surface area (TPSA) is 62.5 Å². The molecule has 1 unspecified atom stereocenters. The third-order valence-electron chi connectivity index (χ3n) is 3.29. The first-order valence-electron chi connectivity index (χ1n) is 7.20. The Morgan fingerprint density at radius 2 is 2.14 bits per heavy atom. The van der Waals surface area contributed by atoms with E-state index >= 15 is 0 Å². The van der Waals surface area contributed by atoms with Gasteiger partial charge in [0.2, 0.25) is 10.1 Å². The molecule has 0 spiro atoms. The van der Waals surface area contributed by atoms with Crippen LogP contribution in [-0.2, 0) is 0 Å². The molecule has 0 bridgehead atoms. The molecule has 0 amide bonds. The SMILES string of the molecule is CCCC(O)CNc1nn2cc(-c3ccc(Cl)cc3)nc2s1. The van der Waals surface area contributed by atoms with E-state index in [1.165, 1.54) is 11.3 Å². The molecule has 0 aliphatic carbocycles. The van der Waals surface area contributed by atoms with Gasteiger partial charge in [0.25, 0.3) is 0 Å². The number of benzene rings is 1. The largest absolute Gasteiger partial charge is 0.391 e. The van der Waals surface area contributed by atoms with Crippen molar-refractivity contribution in [2.75, 3.05) is 11.9 Å². The summed E-state index contributed by atoms with van der Waals surface area (Å²) in [5.41, 5.74) is 1.88. The van der Waals surface area contributed by atoms with E-state index in [2.05, 4.69) is 22.3 Å². The van der Waals surface area contributed by atoms with Crippen LogP contribution in [0.2, 0.25) is 5.02 Å². The van der Waals surface area contributed by atoms with Gasteiger partial charge in [-0.2, -0.15) is 0 Å². The second-order valence-corrected chi connectivity index (χ2v) is 6.48. The van der Waals surface area contributed by atoms with Gasteiger partial charge in [0, 0.05) is 17.1 Å². The summed E-state index contributed by atoms with van der Waals surface area (Å²) in [6, 6.07) is 7.57. The van der Waals surface area contributed by atoms with E-state index < -0.39 is 0 Å². The van der Waals surface area contributed by atoms with Gasteiger partial charge in [-0.1, -0.05) is 48.4 Å². The second-order valence-electron chi connectivity index (χ2n) is 5.09. The maximum absolute atomic E-state index is 9.73. The van der Waals surface area contributed by atoms with E-state index in [0.29, 0.717) is 11.6 Å². The predicted octanol–water partition coefficient (Wildman–Crippen LogP) is 3.68. The number of nitrogens with one attached hydrogen (secondary N) is 1. The Bertz CT molecular complexity index is 721. The van der Waals surface area contributed by atoms with Gasteiger partial charge in [-0.3, -0.25) is 0 Å². The lowest BCUT2D eigenvalue weighted by molar-refractivity contribution is 0.176. The molecule has 0 aliphatic rings. The van der Waals surface area contributed by atoms with Gasteiger partial charge in [-0.15, -0.1) is 5.10 Å². The second kappa shape index (κ2) is 6.64. The molecule has 0 saturated carbocycles. The van der Waals surface area contributed by atoms with Crippen LogP contribution < -0.4 is 5.32 Å². The van der Waals surface area contributed by atoms with E-state index in [4.69, 9.17) is 11.6 Å². The monoisotopic (exact) mass is 336 g/mol. The highest BCUT2D eigenvalue weighted by Crippen LogP contribution is 2.25. The Morgan fingerprint density at radius 1 is 1.36 bits per heavy atom. The van der Waals surface area contributed by atoms with Crippen molar-refractivity contribution >= 4 is 33.0 Å². The molecule has 7 heteroatoms. The molecule has 5 nitrogen and oxygen atoms in total. The van der Waals surface area contributed by atoms with Gasteiger partial charge in [0.05, 0.1) is 18.0 Å². The van der Waals surface area contributed by atoms with Crippen molar-refractivity contribution in [2.24, 2.45) is 0 Å². The number of rotatable bonds is 6. The number of hydrogen-bond donors (Lipinski definition) is 2. The summed E-state index contributed by atoms with van der Waals surface area (Å²) in [7, 11) is 0. The zero-order valence-corrected chi connectivity index (χ0v) is 13.7. The normalized spacial score (nSPS) is 12.7. The average molecular weight is 337 g/mol. The molecule has 3 rings (SSSR count). The Kier molecular flexibility index (Phi) is 4.61. The van der Waals surface area contributed by atoms with Gasteiger partial charge >= 0.3 is 0 Å². The summed E-state index contributed by atoms with van der Waals surface area (Å²) in [5.74, 6) is 0. The molecule has 0 saturated heterocycles. The van der Waals surface area contributed by atoms with Crippen LogP contribution >= 0.6 is 22.9 Å². The zero-order chi connectivity index (χ0) is 15.5. The standard InChI is InChI=1S/C15H17ClN4OS/c1-2-3-12(21)8-17-14-19-20-9-13(18-15(20)22-14)10-4-6-11(16)7-5-10/h4-7,9,12,21H,2-3,8H2,1H3,(H,17,19). The highest BCUT2D eigenvalue weighted by atomic mass is 35.5. The minimum absolute atomic E-state index is 0.342. The number of anilines is 1. The van der Waals surface area contributed by atoms with Crippen LogP contribution in [0.25, 0.3) is 16.2 Å². The molecule has 22 heavy (non-hydrogen) atoms. The summed E-state index contributed by atoms with van der Waals surface area (Å²) in [5, 5.41) is 18.8. The molecular weight excluding hydrogens is 320 g/mol. The number of fused-ring (bicyclic) bond motifs is 1. The smallest absolute Gasteiger partial charge is 0.214 e. The van der Waals surface area contributed by atoms with E-state index in [1.54, 1.807) is 4.52 Å². The fraction of sp³-hybridized carbons (Fsp3) is 0.333. The Balaban J connectivity index is 1.73. The number of imidazole rings is 1. The van der Waals surface area contributed by atoms with Crippen LogP contribution in [0.15, 0.2) is 30.5 Å². The maximum Gasteiger partial charge on any atom is 0.214 e. The molecule has 1 atom stereocenters. The molecule has 1 aromatic carbocycles. The molecular formula is C15H17ClN4OS. The van der Waals surface area contributed by atoms with E-state index in [1.807, 2.05) is 30.5 Å². The van der Waals surface area contributed by atoms with Crippen LogP contribution in [0.5, 0.6) is 0 Å². The van der Waals surface area contributed by atoms with Crippen molar-refractivity contribution in [2.45, 2.75) is 25.9 Å². The average Bonchev–Trinajstić information content (AvgIpc) is 3.04. The first-order valence-corrected chi connectivity index (χ1v) is 8.39. The molecule has 0 fully saturated rings. The minimum Gasteiger partial charge on any atom is -0.391 e. The number of halogens is 1. The number of aliphatic hydroxyl groups excluding tert-OH is 1. The lowest BCUT2D eigenvalue weighted by atomic mass is 10.2. The first kappa shape index (κ1) is 15.3. The maximum atomic E-state index is 9.73. The van der Waals surface area contributed by atoms with Crippen molar-refractivity contribution < 1.29 is 5.11 Å². The Morgan fingerprint density at radius 3 is 2.82 bits per heavy atom. The molecule has 0 aliphatic heterocycles. The van der Waals surface area contributed by atoms with Crippen molar-refractivity contribution in [1.29, 1.82) is 0 Å². The minimum atomic E-state index is -0.342. The molecule has 2 N–H and O–H groups in total. The quantitative estimate of drug-likeness (QED) is 0.720. The Hall–Kier alpha value is -1.63. The summed E-state index contributed by atoms with van der Waals surface area (Å²) < 4.78 is 1.75. The summed E-state index contributed by atoms with van der Waals surface area (Å²) in [6.45, 7) is 2.56. The fourth-order valence-corrected chi connectivity index (χ4v) is 3.09. The van der Waals surface area contributed by atoms with Crippen molar-refractivity contribution in [3.05, 3.63) is 35.5 Å². The van der Waals surface area contributed by atoms with E-state index in [9.17, 15) is 5.11 Å². The van der Waals surface area contributed by atoms with Crippen LogP contribution in [0.3, 0.4) is 0 Å². The van der Waals surface area contributed by atoms with Crippen molar-refractivity contribution in [1.82, 2.24) is 14.6 Å². The molecule has 0 radical (unpaired) electrons. The molecule has 2 heterocycles. The molecule has 116 valence electrons. The van der Waals surface area contributed by atoms with Crippen LogP contribution in [0, 0.1) is 0 Å². The van der Waals surface area contributed by atoms with Crippen molar-refractivity contribution in [3.8, 4) is 11.3 Å². The highest BCUT2D eigenvalue weighted by molar-refractivity contribution is 7.20. The van der Waals surface area contributed by atoms with Crippen LogP contribution in [0.4, 0.5) is 5.13 Å². The first-order chi connectivity index (χ1) is 10.7. The highest BCUT2D eigenvalue weighted by Gasteiger charge is 2.10. The fourth-order valence-electron chi connectivity index (χ4n) is 2.17. The number of hydrogen-bond acceptors (Lipinski definition) is 5. The van der Waals surface area contributed by atoms with Gasteiger partial charge < -0.3 is 10.4 Å². The summed E-state index contributed by atoms with van der Waals surface area (Å²) >= 11 is 7.36. The number of nitrogens with zero attached hydrogens (tertiary/aromatic N) is 3. The number of aliphatic hydroxyl groups is 1. The Labute approximate surface area is 137 Å². The predicted molar refractivity (Wildman–Crippen MR) is 90.7 cm³/mol. The van der Waals surface area contributed by atoms with Gasteiger partial charge in [-0.25, -0.2) is 9.50 Å².